The number of aromatic nitrogens is 2. The van der Waals surface area contributed by atoms with E-state index in [1.54, 1.807) is 12.4 Å². The number of hydrogen-bond donors (Lipinski definition) is 1. The Bertz CT molecular complexity index is 587. The van der Waals surface area contributed by atoms with Crippen molar-refractivity contribution in [2.24, 2.45) is 5.73 Å². The molecule has 15 heavy (non-hydrogen) atoms. The molecule has 0 aromatic carbocycles. The van der Waals surface area contributed by atoms with E-state index in [-0.39, 0.29) is 0 Å². The molecule has 2 aromatic rings. The third kappa shape index (κ3) is 1.44. The molecule has 0 aliphatic carbocycles. The van der Waals surface area contributed by atoms with Gasteiger partial charge >= 0.3 is 0 Å². The third-order valence-corrected chi connectivity index (χ3v) is 2.80. The summed E-state index contributed by atoms with van der Waals surface area (Å²) in [6.07, 6.45) is 8.55. The molecule has 0 amide bonds. The fraction of sp³-hybridized carbons (Fsp3) is 0.100. The molecule has 0 bridgehead atoms. The van der Waals surface area contributed by atoms with Crippen molar-refractivity contribution in [1.29, 1.82) is 5.26 Å². The minimum Gasteiger partial charge on any atom is -0.312 e. The highest BCUT2D eigenvalue weighted by atomic mass is 32.1. The molecule has 0 spiro atoms. The van der Waals surface area contributed by atoms with Gasteiger partial charge in [0, 0.05) is 23.3 Å². The van der Waals surface area contributed by atoms with Gasteiger partial charge in [0.25, 0.3) is 0 Å². The van der Waals surface area contributed by atoms with E-state index in [9.17, 15) is 0 Å². The highest BCUT2D eigenvalue weighted by Gasteiger charge is 2.14. The monoisotopic (exact) mass is 214 g/mol. The van der Waals surface area contributed by atoms with E-state index in [4.69, 9.17) is 17.4 Å². The molecule has 0 saturated carbocycles. The van der Waals surface area contributed by atoms with E-state index in [0.717, 1.165) is 10.1 Å². The zero-order valence-electron chi connectivity index (χ0n) is 7.64. The summed E-state index contributed by atoms with van der Waals surface area (Å²) < 4.78 is 4.94. The summed E-state index contributed by atoms with van der Waals surface area (Å²) in [4.78, 5) is 4.00. The lowest BCUT2D eigenvalue weighted by molar-refractivity contribution is 0.927. The van der Waals surface area contributed by atoms with Gasteiger partial charge in [-0.2, -0.15) is 9.64 Å². The van der Waals surface area contributed by atoms with Crippen LogP contribution in [-0.2, 0) is 0 Å². The van der Waals surface area contributed by atoms with Gasteiger partial charge in [-0.25, -0.2) is 0 Å². The number of pyridine rings is 1. The van der Waals surface area contributed by atoms with Crippen LogP contribution in [0.3, 0.4) is 0 Å². The summed E-state index contributed by atoms with van der Waals surface area (Å²) in [5.41, 5.74) is 6.81. The topological polar surface area (TPSA) is 75.6 Å². The summed E-state index contributed by atoms with van der Waals surface area (Å²) in [7, 11) is 0. The molecular weight excluding hydrogens is 208 g/mol. The van der Waals surface area contributed by atoms with Crippen molar-refractivity contribution in [3.8, 4) is 18.4 Å². The molecule has 4 nitrogen and oxygen atoms in total. The normalized spacial score (nSPS) is 11.9. The van der Waals surface area contributed by atoms with Gasteiger partial charge in [-0.3, -0.25) is 4.98 Å². The van der Waals surface area contributed by atoms with Crippen molar-refractivity contribution in [1.82, 2.24) is 9.36 Å². The van der Waals surface area contributed by atoms with Crippen LogP contribution in [-0.4, -0.2) is 9.36 Å². The van der Waals surface area contributed by atoms with Crippen molar-refractivity contribution < 1.29 is 0 Å². The fourth-order valence-corrected chi connectivity index (χ4v) is 2.07. The lowest BCUT2D eigenvalue weighted by Crippen LogP contribution is -2.08. The standard InChI is InChI=1S/C10H6N4S/c1-2-8-10-6(7(12)3-11)4-13-5-9(10)15-14-8/h1,4-5,7H,12H2. The maximum absolute atomic E-state index is 8.78. The molecule has 0 radical (unpaired) electrons. The molecule has 5 heteroatoms. The SMILES string of the molecule is C#Cc1nsc2cncc(C(N)C#N)c12. The second-order valence-corrected chi connectivity index (χ2v) is 3.69. The van der Waals surface area contributed by atoms with Crippen molar-refractivity contribution >= 4 is 21.6 Å². The number of terminal acetylenes is 1. The largest absolute Gasteiger partial charge is 0.312 e. The first-order chi connectivity index (χ1) is 7.27. The highest BCUT2D eigenvalue weighted by Crippen LogP contribution is 2.27. The van der Waals surface area contributed by atoms with Crippen LogP contribution in [0.1, 0.15) is 17.3 Å². The predicted octanol–water partition coefficient (Wildman–Crippen LogP) is 1.20. The van der Waals surface area contributed by atoms with Crippen molar-refractivity contribution in [2.75, 3.05) is 0 Å². The van der Waals surface area contributed by atoms with Crippen LogP contribution in [0.25, 0.3) is 10.1 Å². The van der Waals surface area contributed by atoms with E-state index in [2.05, 4.69) is 15.3 Å². The summed E-state index contributed by atoms with van der Waals surface area (Å²) in [6, 6.07) is 1.24. The molecule has 1 atom stereocenters. The molecule has 0 aliphatic heterocycles. The maximum atomic E-state index is 8.78. The van der Waals surface area contributed by atoms with Crippen LogP contribution < -0.4 is 5.73 Å². The van der Waals surface area contributed by atoms with Crippen LogP contribution in [0.2, 0.25) is 0 Å². The Labute approximate surface area is 90.5 Å². The van der Waals surface area contributed by atoms with E-state index < -0.39 is 6.04 Å². The molecule has 72 valence electrons. The van der Waals surface area contributed by atoms with Crippen LogP contribution >= 0.6 is 11.5 Å². The Balaban J connectivity index is 2.81. The predicted molar refractivity (Wildman–Crippen MR) is 57.9 cm³/mol. The fourth-order valence-electron chi connectivity index (χ4n) is 1.32. The molecule has 0 aliphatic rings. The van der Waals surface area contributed by atoms with Gasteiger partial charge in [-0.1, -0.05) is 0 Å². The number of hydrogen-bond acceptors (Lipinski definition) is 5. The molecular formula is C10H6N4S. The van der Waals surface area contributed by atoms with E-state index in [1.807, 2.05) is 6.07 Å². The number of nitriles is 1. The Kier molecular flexibility index (Phi) is 2.34. The van der Waals surface area contributed by atoms with Gasteiger partial charge < -0.3 is 5.73 Å². The highest BCUT2D eigenvalue weighted by molar-refractivity contribution is 7.13. The summed E-state index contributed by atoms with van der Waals surface area (Å²) in [5.74, 6) is 2.48. The van der Waals surface area contributed by atoms with Crippen molar-refractivity contribution in [3.05, 3.63) is 23.7 Å². The van der Waals surface area contributed by atoms with Gasteiger partial charge in [-0.15, -0.1) is 6.42 Å². The number of fused-ring (bicyclic) bond motifs is 1. The minimum atomic E-state index is -0.718. The molecule has 2 N–H and O–H groups in total. The molecule has 1 unspecified atom stereocenters. The minimum absolute atomic E-state index is 0.526. The molecule has 2 heterocycles. The summed E-state index contributed by atoms with van der Waals surface area (Å²) in [5, 5.41) is 9.55. The zero-order valence-corrected chi connectivity index (χ0v) is 8.45. The molecule has 0 fully saturated rings. The molecule has 2 rings (SSSR count). The Morgan fingerprint density at radius 3 is 3.00 bits per heavy atom. The van der Waals surface area contributed by atoms with E-state index in [0.29, 0.717) is 11.3 Å². The average molecular weight is 214 g/mol. The maximum Gasteiger partial charge on any atom is 0.135 e. The third-order valence-electron chi connectivity index (χ3n) is 2.02. The van der Waals surface area contributed by atoms with E-state index >= 15 is 0 Å². The first-order valence-electron chi connectivity index (χ1n) is 4.13. The van der Waals surface area contributed by atoms with Gasteiger partial charge in [0.15, 0.2) is 0 Å². The smallest absolute Gasteiger partial charge is 0.135 e. The lowest BCUT2D eigenvalue weighted by Gasteiger charge is -2.03. The average Bonchev–Trinajstić information content (AvgIpc) is 2.70. The number of nitrogens with zero attached hydrogens (tertiary/aromatic N) is 3. The Morgan fingerprint density at radius 2 is 2.33 bits per heavy atom. The van der Waals surface area contributed by atoms with Crippen LogP contribution in [0.5, 0.6) is 0 Å². The first-order valence-corrected chi connectivity index (χ1v) is 4.90. The second-order valence-electron chi connectivity index (χ2n) is 2.88. The van der Waals surface area contributed by atoms with Gasteiger partial charge in [0.1, 0.15) is 11.7 Å². The van der Waals surface area contributed by atoms with Gasteiger partial charge in [0.2, 0.25) is 0 Å². The van der Waals surface area contributed by atoms with Crippen molar-refractivity contribution in [2.45, 2.75) is 6.04 Å². The van der Waals surface area contributed by atoms with Crippen molar-refractivity contribution in [3.63, 3.8) is 0 Å². The zero-order chi connectivity index (χ0) is 10.8. The number of nitrogens with two attached hydrogens (primary N) is 1. The molecule has 0 saturated heterocycles. The van der Waals surface area contributed by atoms with Crippen LogP contribution in [0.15, 0.2) is 12.4 Å². The van der Waals surface area contributed by atoms with Crippen LogP contribution in [0, 0.1) is 23.7 Å². The quantitative estimate of drug-likeness (QED) is 0.723. The summed E-state index contributed by atoms with van der Waals surface area (Å²) >= 11 is 1.26. The second kappa shape index (κ2) is 3.66. The lowest BCUT2D eigenvalue weighted by atomic mass is 10.1. The Hall–Kier alpha value is -1.95. The van der Waals surface area contributed by atoms with E-state index in [1.165, 1.54) is 11.5 Å². The number of rotatable bonds is 1. The summed E-state index contributed by atoms with van der Waals surface area (Å²) in [6.45, 7) is 0. The van der Waals surface area contributed by atoms with Gasteiger partial charge in [-0.05, 0) is 17.5 Å². The Morgan fingerprint density at radius 1 is 1.53 bits per heavy atom. The van der Waals surface area contributed by atoms with Gasteiger partial charge in [0.05, 0.1) is 10.8 Å². The van der Waals surface area contributed by atoms with Crippen LogP contribution in [0.4, 0.5) is 0 Å². The first kappa shape index (κ1) is 9.60. The molecule has 2 aromatic heterocycles.